The highest BCUT2D eigenvalue weighted by molar-refractivity contribution is 6.31. The summed E-state index contributed by atoms with van der Waals surface area (Å²) in [6, 6.07) is 12.6. The zero-order chi connectivity index (χ0) is 19.4. The number of aliphatic hydroxyl groups is 2. The quantitative estimate of drug-likeness (QED) is 0.472. The number of fused-ring (bicyclic) bond motifs is 1. The van der Waals surface area contributed by atoms with Crippen LogP contribution in [0.3, 0.4) is 0 Å². The summed E-state index contributed by atoms with van der Waals surface area (Å²) in [6.45, 7) is 0.605. The molecule has 27 heavy (non-hydrogen) atoms. The molecule has 3 aromatic rings. The third kappa shape index (κ3) is 4.39. The van der Waals surface area contributed by atoms with Crippen molar-refractivity contribution in [1.82, 2.24) is 9.55 Å². The number of aryl methyl sites for hydroxylation is 1. The summed E-state index contributed by atoms with van der Waals surface area (Å²) < 4.78 is 1.90. The number of carbonyl (C=O) groups excluding carboxylic acids is 1. The van der Waals surface area contributed by atoms with E-state index in [1.165, 1.54) is 0 Å². The first-order valence-electron chi connectivity index (χ1n) is 8.56. The van der Waals surface area contributed by atoms with Gasteiger partial charge in [0.1, 0.15) is 0 Å². The molecule has 5 N–H and O–H groups in total. The van der Waals surface area contributed by atoms with Crippen molar-refractivity contribution in [2.24, 2.45) is 5.73 Å². The average Bonchev–Trinajstić information content (AvgIpc) is 3.02. The number of halogens is 1. The number of primary amides is 1. The molecule has 0 saturated heterocycles. The maximum absolute atomic E-state index is 11.4. The van der Waals surface area contributed by atoms with Crippen LogP contribution in [0.2, 0.25) is 5.02 Å². The van der Waals surface area contributed by atoms with Crippen molar-refractivity contribution in [3.8, 4) is 0 Å². The van der Waals surface area contributed by atoms with E-state index < -0.39 is 12.0 Å². The fraction of sp³-hybridized carbons (Fsp3) is 0.263. The summed E-state index contributed by atoms with van der Waals surface area (Å²) in [7, 11) is 0. The number of nitrogens with two attached hydrogens (primary N) is 1. The van der Waals surface area contributed by atoms with E-state index in [1.54, 1.807) is 18.2 Å². The second kappa shape index (κ2) is 8.39. The van der Waals surface area contributed by atoms with E-state index >= 15 is 0 Å². The van der Waals surface area contributed by atoms with Gasteiger partial charge in [-0.3, -0.25) is 4.79 Å². The van der Waals surface area contributed by atoms with Crippen LogP contribution < -0.4 is 11.1 Å². The van der Waals surface area contributed by atoms with Gasteiger partial charge in [0, 0.05) is 23.7 Å². The van der Waals surface area contributed by atoms with Crippen LogP contribution in [0, 0.1) is 0 Å². The molecule has 0 radical (unpaired) electrons. The maximum Gasteiger partial charge on any atom is 0.248 e. The Kier molecular flexibility index (Phi) is 5.95. The van der Waals surface area contributed by atoms with Gasteiger partial charge < -0.3 is 25.8 Å². The first kappa shape index (κ1) is 19.2. The third-order valence-electron chi connectivity index (χ3n) is 4.32. The maximum atomic E-state index is 11.4. The molecule has 8 heteroatoms. The van der Waals surface area contributed by atoms with Crippen molar-refractivity contribution in [1.29, 1.82) is 0 Å². The molecule has 0 aliphatic heterocycles. The van der Waals surface area contributed by atoms with E-state index in [4.69, 9.17) is 22.4 Å². The summed E-state index contributed by atoms with van der Waals surface area (Å²) in [5, 5.41) is 22.7. The monoisotopic (exact) mass is 388 g/mol. The average molecular weight is 389 g/mol. The Morgan fingerprint density at radius 3 is 2.78 bits per heavy atom. The molecule has 0 aliphatic rings. The first-order valence-corrected chi connectivity index (χ1v) is 8.93. The number of aromatic nitrogens is 2. The molecule has 1 atom stereocenters. The fourth-order valence-corrected chi connectivity index (χ4v) is 3.03. The van der Waals surface area contributed by atoms with Crippen molar-refractivity contribution in [3.63, 3.8) is 0 Å². The molecule has 0 bridgehead atoms. The van der Waals surface area contributed by atoms with E-state index in [9.17, 15) is 9.90 Å². The van der Waals surface area contributed by atoms with Crippen molar-refractivity contribution < 1.29 is 15.0 Å². The molecule has 1 aromatic heterocycles. The van der Waals surface area contributed by atoms with E-state index in [1.807, 2.05) is 28.8 Å². The van der Waals surface area contributed by atoms with Gasteiger partial charge >= 0.3 is 0 Å². The van der Waals surface area contributed by atoms with E-state index in [0.717, 1.165) is 11.1 Å². The van der Waals surface area contributed by atoms with E-state index in [-0.39, 0.29) is 6.61 Å². The van der Waals surface area contributed by atoms with Crippen LogP contribution in [0.4, 0.5) is 5.95 Å². The smallest absolute Gasteiger partial charge is 0.248 e. The SMILES string of the molecule is NC(=O)c1ccc2c(c1)nc(NCc1ccccc1Cl)n2CC[C@H](O)CO. The number of anilines is 1. The number of nitrogens with zero attached hydrogens (tertiary/aromatic N) is 2. The van der Waals surface area contributed by atoms with Gasteiger partial charge in [-0.1, -0.05) is 29.8 Å². The van der Waals surface area contributed by atoms with Gasteiger partial charge in [-0.25, -0.2) is 4.98 Å². The minimum atomic E-state index is -0.816. The number of hydrogen-bond acceptors (Lipinski definition) is 5. The lowest BCUT2D eigenvalue weighted by atomic mass is 10.2. The van der Waals surface area contributed by atoms with Crippen molar-refractivity contribution in [2.45, 2.75) is 25.6 Å². The lowest BCUT2D eigenvalue weighted by Crippen LogP contribution is -2.16. The zero-order valence-electron chi connectivity index (χ0n) is 14.6. The molecule has 0 unspecified atom stereocenters. The van der Waals surface area contributed by atoms with Gasteiger partial charge in [-0.2, -0.15) is 0 Å². The Morgan fingerprint density at radius 1 is 1.30 bits per heavy atom. The summed E-state index contributed by atoms with van der Waals surface area (Å²) in [6.07, 6.45) is -0.455. The standard InChI is InChI=1S/C19H21ClN4O3/c20-15-4-2-1-3-13(15)10-22-19-23-16-9-12(18(21)27)5-6-17(16)24(19)8-7-14(26)11-25/h1-6,9,14,25-26H,7-8,10-11H2,(H2,21,27)(H,22,23)/t14-/m0/s1. The molecule has 0 saturated carbocycles. The minimum Gasteiger partial charge on any atom is -0.394 e. The van der Waals surface area contributed by atoms with E-state index in [2.05, 4.69) is 10.3 Å². The highest BCUT2D eigenvalue weighted by atomic mass is 35.5. The van der Waals surface area contributed by atoms with E-state index in [0.29, 0.717) is 41.6 Å². The van der Waals surface area contributed by atoms with Crippen LogP contribution in [0.5, 0.6) is 0 Å². The van der Waals surface area contributed by atoms with Crippen LogP contribution in [-0.2, 0) is 13.1 Å². The van der Waals surface area contributed by atoms with Crippen LogP contribution in [-0.4, -0.2) is 38.4 Å². The second-order valence-corrected chi connectivity index (χ2v) is 6.63. The Labute approximate surface area is 161 Å². The lowest BCUT2D eigenvalue weighted by Gasteiger charge is -2.13. The lowest BCUT2D eigenvalue weighted by molar-refractivity contribution is 0.0850. The number of nitrogens with one attached hydrogen (secondary N) is 1. The van der Waals surface area contributed by atoms with Crippen molar-refractivity contribution in [3.05, 3.63) is 58.6 Å². The van der Waals surface area contributed by atoms with Crippen LogP contribution in [0.1, 0.15) is 22.3 Å². The van der Waals surface area contributed by atoms with Crippen LogP contribution >= 0.6 is 11.6 Å². The molecule has 1 amide bonds. The van der Waals surface area contributed by atoms with Gasteiger partial charge in [-0.15, -0.1) is 0 Å². The molecule has 0 aliphatic carbocycles. The predicted molar refractivity (Wildman–Crippen MR) is 105 cm³/mol. The molecule has 0 spiro atoms. The van der Waals surface area contributed by atoms with Crippen molar-refractivity contribution in [2.75, 3.05) is 11.9 Å². The topological polar surface area (TPSA) is 113 Å². The summed E-state index contributed by atoms with van der Waals surface area (Å²) in [4.78, 5) is 16.0. The number of aliphatic hydroxyl groups excluding tert-OH is 2. The number of hydrogen-bond donors (Lipinski definition) is 4. The predicted octanol–water partition coefficient (Wildman–Crippen LogP) is 2.14. The van der Waals surface area contributed by atoms with Crippen LogP contribution in [0.25, 0.3) is 11.0 Å². The largest absolute Gasteiger partial charge is 0.394 e. The Hall–Kier alpha value is -2.61. The summed E-state index contributed by atoms with van der Waals surface area (Å²) >= 11 is 6.21. The summed E-state index contributed by atoms with van der Waals surface area (Å²) in [5.41, 5.74) is 8.07. The minimum absolute atomic E-state index is 0.305. The van der Waals surface area contributed by atoms with Gasteiger partial charge in [-0.05, 0) is 36.2 Å². The summed E-state index contributed by atoms with van der Waals surface area (Å²) in [5.74, 6) is 0.0596. The molecule has 0 fully saturated rings. The molecule has 2 aromatic carbocycles. The molecule has 7 nitrogen and oxygen atoms in total. The number of rotatable bonds is 8. The Morgan fingerprint density at radius 2 is 2.07 bits per heavy atom. The first-order chi connectivity index (χ1) is 13.0. The molecular formula is C19H21ClN4O3. The van der Waals surface area contributed by atoms with Gasteiger partial charge in [0.25, 0.3) is 0 Å². The van der Waals surface area contributed by atoms with Crippen molar-refractivity contribution >= 4 is 34.5 Å². The molecular weight excluding hydrogens is 368 g/mol. The molecule has 3 rings (SSSR count). The molecule has 142 valence electrons. The third-order valence-corrected chi connectivity index (χ3v) is 4.69. The highest BCUT2D eigenvalue weighted by Crippen LogP contribution is 2.23. The number of benzene rings is 2. The Balaban J connectivity index is 1.93. The number of amides is 1. The zero-order valence-corrected chi connectivity index (χ0v) is 15.4. The number of imidazole rings is 1. The second-order valence-electron chi connectivity index (χ2n) is 6.22. The number of carbonyl (C=O) groups is 1. The Bertz CT molecular complexity index is 957. The fourth-order valence-electron chi connectivity index (χ4n) is 2.83. The van der Waals surface area contributed by atoms with Gasteiger partial charge in [0.05, 0.1) is 23.7 Å². The van der Waals surface area contributed by atoms with Gasteiger partial charge in [0.2, 0.25) is 11.9 Å². The molecule has 1 heterocycles. The highest BCUT2D eigenvalue weighted by Gasteiger charge is 2.14. The normalized spacial score (nSPS) is 12.3. The van der Waals surface area contributed by atoms with Crippen LogP contribution in [0.15, 0.2) is 42.5 Å². The van der Waals surface area contributed by atoms with Gasteiger partial charge in [0.15, 0.2) is 0 Å².